The van der Waals surface area contributed by atoms with Gasteiger partial charge in [-0.3, -0.25) is 0 Å². The van der Waals surface area contributed by atoms with Crippen LogP contribution in [0.4, 0.5) is 0 Å². The van der Waals surface area contributed by atoms with Gasteiger partial charge in [-0.05, 0) is 73.7 Å². The highest BCUT2D eigenvalue weighted by atomic mass is 79.9. The Morgan fingerprint density at radius 2 is 1.65 bits per heavy atom. The Balaban J connectivity index is 1.68. The molecule has 1 aromatic rings. The molecule has 4 aliphatic carbocycles. The molecule has 4 aliphatic rings. The maximum atomic E-state index is 4.12. The Hall–Kier alpha value is -0.300. The summed E-state index contributed by atoms with van der Waals surface area (Å²) in [7, 11) is 0. The van der Waals surface area contributed by atoms with Crippen molar-refractivity contribution in [2.24, 2.45) is 22.7 Å². The van der Waals surface area contributed by atoms with Gasteiger partial charge in [-0.25, -0.2) is 0 Å². The molecule has 3 unspecified atom stereocenters. The average Bonchev–Trinajstić information content (AvgIpc) is 2.36. The molecule has 0 radical (unpaired) electrons. The molecule has 4 bridgehead atoms. The maximum absolute atomic E-state index is 4.12. The van der Waals surface area contributed by atoms with E-state index in [2.05, 4.69) is 54.0 Å². The summed E-state index contributed by atoms with van der Waals surface area (Å²) >= 11 is 4.12. The van der Waals surface area contributed by atoms with E-state index in [-0.39, 0.29) is 0 Å². The van der Waals surface area contributed by atoms with E-state index in [1.165, 1.54) is 49.7 Å². The zero-order valence-corrected chi connectivity index (χ0v) is 14.2. The molecule has 20 heavy (non-hydrogen) atoms. The van der Waals surface area contributed by atoms with Crippen LogP contribution in [0.15, 0.2) is 24.3 Å². The van der Waals surface area contributed by atoms with Crippen LogP contribution >= 0.6 is 15.9 Å². The molecule has 0 N–H and O–H groups in total. The van der Waals surface area contributed by atoms with E-state index in [0.717, 1.165) is 11.8 Å². The number of alkyl halides is 1. The summed E-state index contributed by atoms with van der Waals surface area (Å²) in [6.45, 7) is 4.74. The van der Waals surface area contributed by atoms with E-state index in [9.17, 15) is 0 Å². The van der Waals surface area contributed by atoms with Gasteiger partial charge < -0.3 is 0 Å². The van der Waals surface area contributed by atoms with E-state index in [1.807, 2.05) is 0 Å². The van der Waals surface area contributed by atoms with E-state index < -0.39 is 0 Å². The lowest BCUT2D eigenvalue weighted by atomic mass is 9.44. The summed E-state index contributed by atoms with van der Waals surface area (Å²) in [5.74, 6) is 2.01. The summed E-state index contributed by atoms with van der Waals surface area (Å²) in [6.07, 6.45) is 8.88. The van der Waals surface area contributed by atoms with Gasteiger partial charge in [0.25, 0.3) is 0 Å². The fourth-order valence-electron chi connectivity index (χ4n) is 6.18. The average molecular weight is 333 g/mol. The molecule has 0 aliphatic heterocycles. The molecule has 0 nitrogen and oxygen atoms in total. The van der Waals surface area contributed by atoms with Crippen molar-refractivity contribution in [3.05, 3.63) is 35.4 Å². The minimum atomic E-state index is 0.536. The lowest BCUT2D eigenvalue weighted by Gasteiger charge is -2.63. The molecule has 0 heterocycles. The van der Waals surface area contributed by atoms with E-state index in [1.54, 1.807) is 0 Å². The highest BCUT2D eigenvalue weighted by Crippen LogP contribution is 2.69. The SMILES string of the molecule is Cc1ccc(C(Br)C23CC4CC(CC(C)(C4)C2)C3)cc1. The second-order valence-electron chi connectivity index (χ2n) is 8.41. The van der Waals surface area contributed by atoms with Gasteiger partial charge in [0.1, 0.15) is 0 Å². The first-order chi connectivity index (χ1) is 9.48. The maximum Gasteiger partial charge on any atom is 0.0451 e. The number of hydrogen-bond acceptors (Lipinski definition) is 0. The molecule has 0 aromatic heterocycles. The lowest BCUT2D eigenvalue weighted by Crippen LogP contribution is -2.52. The zero-order chi connectivity index (χ0) is 14.0. The minimum absolute atomic E-state index is 0.536. The second-order valence-corrected chi connectivity index (χ2v) is 9.32. The Bertz CT molecular complexity index is 501. The van der Waals surface area contributed by atoms with Gasteiger partial charge in [-0.1, -0.05) is 52.7 Å². The van der Waals surface area contributed by atoms with Crippen molar-refractivity contribution in [1.82, 2.24) is 0 Å². The number of rotatable bonds is 2. The Labute approximate surface area is 131 Å². The zero-order valence-electron chi connectivity index (χ0n) is 12.7. The topological polar surface area (TPSA) is 0 Å². The summed E-state index contributed by atoms with van der Waals surface area (Å²) in [5.41, 5.74) is 4.04. The highest BCUT2D eigenvalue weighted by Gasteiger charge is 2.58. The smallest absolute Gasteiger partial charge is 0.0451 e. The molecule has 0 saturated heterocycles. The van der Waals surface area contributed by atoms with Gasteiger partial charge >= 0.3 is 0 Å². The van der Waals surface area contributed by atoms with Gasteiger partial charge in [0.2, 0.25) is 0 Å². The van der Waals surface area contributed by atoms with Crippen LogP contribution in [-0.2, 0) is 0 Å². The van der Waals surface area contributed by atoms with Crippen LogP contribution in [0, 0.1) is 29.6 Å². The van der Waals surface area contributed by atoms with Gasteiger partial charge in [0.15, 0.2) is 0 Å². The molecular weight excluding hydrogens is 308 g/mol. The summed E-state index contributed by atoms with van der Waals surface area (Å²) in [5, 5.41) is 0. The van der Waals surface area contributed by atoms with Crippen LogP contribution in [0.1, 0.15) is 61.4 Å². The fourth-order valence-corrected chi connectivity index (χ4v) is 7.02. The molecule has 1 aromatic carbocycles. The Morgan fingerprint density at radius 1 is 1.05 bits per heavy atom. The first kappa shape index (κ1) is 13.4. The van der Waals surface area contributed by atoms with Crippen molar-refractivity contribution in [3.63, 3.8) is 0 Å². The molecule has 5 rings (SSSR count). The first-order valence-corrected chi connectivity index (χ1v) is 9.10. The number of halogens is 1. The van der Waals surface area contributed by atoms with Crippen LogP contribution in [0.3, 0.4) is 0 Å². The standard InChI is InChI=1S/C19H25Br/c1-13-3-5-16(6-4-13)17(20)19-10-14-7-15(11-19)9-18(2,8-14)12-19/h3-6,14-15,17H,7-12H2,1-2H3. The summed E-state index contributed by atoms with van der Waals surface area (Å²) in [6, 6.07) is 9.23. The number of aryl methyl sites for hydroxylation is 1. The predicted octanol–water partition coefficient (Wildman–Crippen LogP) is 6.04. The van der Waals surface area contributed by atoms with Crippen molar-refractivity contribution >= 4 is 15.9 Å². The predicted molar refractivity (Wildman–Crippen MR) is 88.1 cm³/mol. The van der Waals surface area contributed by atoms with Gasteiger partial charge in [-0.15, -0.1) is 0 Å². The molecule has 4 saturated carbocycles. The quantitative estimate of drug-likeness (QED) is 0.579. The third-order valence-corrected chi connectivity index (χ3v) is 7.81. The van der Waals surface area contributed by atoms with E-state index >= 15 is 0 Å². The van der Waals surface area contributed by atoms with Crippen LogP contribution in [0.2, 0.25) is 0 Å². The van der Waals surface area contributed by atoms with Crippen molar-refractivity contribution in [3.8, 4) is 0 Å². The van der Waals surface area contributed by atoms with Crippen molar-refractivity contribution in [2.45, 2.75) is 57.2 Å². The van der Waals surface area contributed by atoms with Crippen LogP contribution in [0.25, 0.3) is 0 Å². The summed E-state index contributed by atoms with van der Waals surface area (Å²) < 4.78 is 0. The van der Waals surface area contributed by atoms with Crippen molar-refractivity contribution in [2.75, 3.05) is 0 Å². The monoisotopic (exact) mass is 332 g/mol. The Kier molecular flexibility index (Phi) is 2.91. The van der Waals surface area contributed by atoms with Crippen molar-refractivity contribution in [1.29, 1.82) is 0 Å². The third kappa shape index (κ3) is 2.00. The first-order valence-electron chi connectivity index (χ1n) is 8.19. The fraction of sp³-hybridized carbons (Fsp3) is 0.684. The molecule has 0 amide bonds. The van der Waals surface area contributed by atoms with Gasteiger partial charge in [0.05, 0.1) is 0 Å². The number of benzene rings is 1. The number of hydrogen-bond donors (Lipinski definition) is 0. The van der Waals surface area contributed by atoms with Crippen molar-refractivity contribution < 1.29 is 0 Å². The normalized spacial score (nSPS) is 43.8. The lowest BCUT2D eigenvalue weighted by molar-refractivity contribution is -0.101. The van der Waals surface area contributed by atoms with Gasteiger partial charge in [-0.2, -0.15) is 0 Å². The van der Waals surface area contributed by atoms with Gasteiger partial charge in [0, 0.05) is 4.83 Å². The van der Waals surface area contributed by atoms with Crippen LogP contribution in [-0.4, -0.2) is 0 Å². The largest absolute Gasteiger partial charge is 0.0833 e. The third-order valence-electron chi connectivity index (χ3n) is 6.31. The molecule has 108 valence electrons. The summed E-state index contributed by atoms with van der Waals surface area (Å²) in [4.78, 5) is 0.556. The second kappa shape index (κ2) is 4.35. The molecule has 1 heteroatoms. The molecule has 4 fully saturated rings. The van der Waals surface area contributed by atoms with E-state index in [4.69, 9.17) is 0 Å². The molecule has 0 spiro atoms. The van der Waals surface area contributed by atoms with Crippen LogP contribution < -0.4 is 0 Å². The highest BCUT2D eigenvalue weighted by molar-refractivity contribution is 9.09. The molecule has 3 atom stereocenters. The minimum Gasteiger partial charge on any atom is -0.0833 e. The van der Waals surface area contributed by atoms with E-state index in [0.29, 0.717) is 15.7 Å². The Morgan fingerprint density at radius 3 is 2.20 bits per heavy atom. The molecular formula is C19H25Br. The van der Waals surface area contributed by atoms with Crippen LogP contribution in [0.5, 0.6) is 0 Å².